The average Bonchev–Trinajstić information content (AvgIpc) is 3.42. The minimum atomic E-state index is -3.59. The second kappa shape index (κ2) is 7.85. The van der Waals surface area contributed by atoms with Crippen molar-refractivity contribution in [2.75, 3.05) is 26.5 Å². The summed E-state index contributed by atoms with van der Waals surface area (Å²) in [5.74, 6) is 0.656. The fourth-order valence-electron chi connectivity index (χ4n) is 2.50. The predicted molar refractivity (Wildman–Crippen MR) is 89.9 cm³/mol. The van der Waals surface area contributed by atoms with Crippen LogP contribution in [0, 0.1) is 5.92 Å². The highest BCUT2D eigenvalue weighted by Crippen LogP contribution is 2.32. The van der Waals surface area contributed by atoms with Crippen molar-refractivity contribution in [3.8, 4) is 11.5 Å². The van der Waals surface area contributed by atoms with E-state index >= 15 is 0 Å². The number of nitrogens with one attached hydrogen (secondary N) is 1. The number of carbonyl (C=O) groups is 1. The number of nitrogens with two attached hydrogens (primary N) is 1. The highest BCUT2D eigenvalue weighted by Gasteiger charge is 2.31. The molecule has 0 radical (unpaired) electrons. The molecule has 1 unspecified atom stereocenters. The molecule has 1 aliphatic rings. The van der Waals surface area contributed by atoms with Crippen LogP contribution in [-0.4, -0.2) is 46.9 Å². The average molecular weight is 356 g/mol. The quantitative estimate of drug-likeness (QED) is 0.675. The number of hydrogen-bond donors (Lipinski definition) is 2. The molecule has 1 atom stereocenters. The van der Waals surface area contributed by atoms with Gasteiger partial charge in [0.05, 0.1) is 24.9 Å². The number of benzene rings is 1. The van der Waals surface area contributed by atoms with E-state index < -0.39 is 9.84 Å². The van der Waals surface area contributed by atoms with E-state index in [1.807, 2.05) is 0 Å². The number of ether oxygens (including phenoxy) is 2. The van der Waals surface area contributed by atoms with Crippen LogP contribution in [0.4, 0.5) is 0 Å². The summed E-state index contributed by atoms with van der Waals surface area (Å²) in [6.07, 6.45) is 2.03. The van der Waals surface area contributed by atoms with E-state index in [4.69, 9.17) is 15.2 Å². The Morgan fingerprint density at radius 2 is 1.96 bits per heavy atom. The van der Waals surface area contributed by atoms with E-state index in [0.717, 1.165) is 12.8 Å². The molecule has 1 aliphatic carbocycles. The Morgan fingerprint density at radius 1 is 1.29 bits per heavy atom. The Bertz CT molecular complexity index is 686. The smallest absolute Gasteiger partial charge is 0.221 e. The molecule has 0 aliphatic heterocycles. The van der Waals surface area contributed by atoms with Crippen molar-refractivity contribution in [3.63, 3.8) is 0 Å². The lowest BCUT2D eigenvalue weighted by Gasteiger charge is -2.16. The molecule has 0 saturated heterocycles. The van der Waals surface area contributed by atoms with Gasteiger partial charge < -0.3 is 20.5 Å². The predicted octanol–water partition coefficient (Wildman–Crippen LogP) is 0.721. The van der Waals surface area contributed by atoms with E-state index in [1.54, 1.807) is 0 Å². The minimum absolute atomic E-state index is 0.0544. The fraction of sp³-hybridized carbons (Fsp3) is 0.562. The molecule has 134 valence electrons. The molecular weight excluding hydrogens is 332 g/mol. The van der Waals surface area contributed by atoms with Gasteiger partial charge in [-0.25, -0.2) is 8.42 Å². The van der Waals surface area contributed by atoms with Crippen LogP contribution in [0.5, 0.6) is 11.5 Å². The van der Waals surface area contributed by atoms with E-state index in [0.29, 0.717) is 24.0 Å². The molecule has 0 bridgehead atoms. The summed E-state index contributed by atoms with van der Waals surface area (Å²) in [5, 5.41) is 2.82. The van der Waals surface area contributed by atoms with Crippen molar-refractivity contribution in [1.29, 1.82) is 0 Å². The van der Waals surface area contributed by atoms with Crippen LogP contribution >= 0.6 is 0 Å². The monoisotopic (exact) mass is 356 g/mol. The van der Waals surface area contributed by atoms with Crippen LogP contribution in [0.2, 0.25) is 0 Å². The van der Waals surface area contributed by atoms with E-state index in [2.05, 4.69) is 5.32 Å². The maximum atomic E-state index is 12.4. The molecule has 1 aromatic rings. The third-order valence-electron chi connectivity index (χ3n) is 4.10. The number of rotatable bonds is 9. The maximum Gasteiger partial charge on any atom is 0.221 e. The summed E-state index contributed by atoms with van der Waals surface area (Å²) < 4.78 is 35.0. The number of methoxy groups -OCH3 is 2. The van der Waals surface area contributed by atoms with Crippen LogP contribution in [0.3, 0.4) is 0 Å². The Hall–Kier alpha value is -1.80. The molecular formula is C16H24N2O5S. The van der Waals surface area contributed by atoms with Gasteiger partial charge in [0.25, 0.3) is 0 Å². The lowest BCUT2D eigenvalue weighted by Crippen LogP contribution is -2.42. The normalized spacial score (nSPS) is 15.6. The Kier molecular flexibility index (Phi) is 6.06. The first-order valence-corrected chi connectivity index (χ1v) is 9.50. The van der Waals surface area contributed by atoms with E-state index in [1.165, 1.54) is 32.4 Å². The third-order valence-corrected chi connectivity index (χ3v) is 5.82. The number of amides is 1. The second-order valence-electron chi connectivity index (χ2n) is 5.83. The van der Waals surface area contributed by atoms with Gasteiger partial charge in [-0.2, -0.15) is 0 Å². The van der Waals surface area contributed by atoms with Crippen molar-refractivity contribution in [2.24, 2.45) is 11.7 Å². The molecule has 1 amide bonds. The third kappa shape index (κ3) is 4.61. The lowest BCUT2D eigenvalue weighted by molar-refractivity contribution is -0.121. The van der Waals surface area contributed by atoms with Crippen molar-refractivity contribution < 1.29 is 22.7 Å². The fourth-order valence-corrected chi connectivity index (χ4v) is 3.75. The van der Waals surface area contributed by atoms with Crippen LogP contribution in [0.1, 0.15) is 19.3 Å². The van der Waals surface area contributed by atoms with Gasteiger partial charge in [0.15, 0.2) is 21.3 Å². The molecule has 1 fully saturated rings. The summed E-state index contributed by atoms with van der Waals surface area (Å²) in [6, 6.07) is 4.32. The lowest BCUT2D eigenvalue weighted by atomic mass is 10.2. The Labute approximate surface area is 142 Å². The largest absolute Gasteiger partial charge is 0.493 e. The maximum absolute atomic E-state index is 12.4. The highest BCUT2D eigenvalue weighted by molar-refractivity contribution is 7.91. The molecule has 0 spiro atoms. The Balaban J connectivity index is 1.99. The van der Waals surface area contributed by atoms with Gasteiger partial charge >= 0.3 is 0 Å². The standard InChI is InChI=1S/C16H24N2O5S/c1-22-14-6-5-12(9-15(14)23-2)24(20,21)8-7-16(19)18-13(10-17)11-3-4-11/h5-6,9,11,13H,3-4,7-8,10,17H2,1-2H3,(H,18,19). The first-order valence-electron chi connectivity index (χ1n) is 7.85. The second-order valence-corrected chi connectivity index (χ2v) is 7.94. The Morgan fingerprint density at radius 3 is 2.50 bits per heavy atom. The van der Waals surface area contributed by atoms with Crippen LogP contribution < -0.4 is 20.5 Å². The summed E-state index contributed by atoms with van der Waals surface area (Å²) in [4.78, 5) is 12.1. The zero-order valence-electron chi connectivity index (χ0n) is 13.9. The molecule has 0 aromatic heterocycles. The van der Waals surface area contributed by atoms with Gasteiger partial charge in [-0.3, -0.25) is 4.79 Å². The molecule has 7 nitrogen and oxygen atoms in total. The SMILES string of the molecule is COc1ccc(S(=O)(=O)CCC(=O)NC(CN)C2CC2)cc1OC. The van der Waals surface area contributed by atoms with Crippen molar-refractivity contribution in [2.45, 2.75) is 30.2 Å². The molecule has 2 rings (SSSR count). The van der Waals surface area contributed by atoms with Gasteiger partial charge in [0.1, 0.15) is 0 Å². The van der Waals surface area contributed by atoms with E-state index in [9.17, 15) is 13.2 Å². The van der Waals surface area contributed by atoms with Crippen molar-refractivity contribution in [3.05, 3.63) is 18.2 Å². The first kappa shape index (κ1) is 18.5. The first-order chi connectivity index (χ1) is 11.4. The van der Waals surface area contributed by atoms with Gasteiger partial charge in [0, 0.05) is 25.1 Å². The van der Waals surface area contributed by atoms with E-state index in [-0.39, 0.29) is 29.0 Å². The van der Waals surface area contributed by atoms with Gasteiger partial charge in [-0.15, -0.1) is 0 Å². The number of hydrogen-bond acceptors (Lipinski definition) is 6. The van der Waals surface area contributed by atoms with Crippen LogP contribution in [0.25, 0.3) is 0 Å². The van der Waals surface area contributed by atoms with Crippen LogP contribution in [0.15, 0.2) is 23.1 Å². The summed E-state index contributed by atoms with van der Waals surface area (Å²) >= 11 is 0. The molecule has 1 aromatic carbocycles. The van der Waals surface area contributed by atoms with Gasteiger partial charge in [0.2, 0.25) is 5.91 Å². The van der Waals surface area contributed by atoms with Gasteiger partial charge in [-0.05, 0) is 30.9 Å². The molecule has 3 N–H and O–H groups in total. The van der Waals surface area contributed by atoms with Gasteiger partial charge in [-0.1, -0.05) is 0 Å². The highest BCUT2D eigenvalue weighted by atomic mass is 32.2. The molecule has 8 heteroatoms. The van der Waals surface area contributed by atoms with Crippen molar-refractivity contribution >= 4 is 15.7 Å². The zero-order chi connectivity index (χ0) is 17.7. The summed E-state index contributed by atoms with van der Waals surface area (Å²) in [5.41, 5.74) is 5.64. The molecule has 0 heterocycles. The van der Waals surface area contributed by atoms with Crippen LogP contribution in [-0.2, 0) is 14.6 Å². The topological polar surface area (TPSA) is 108 Å². The summed E-state index contributed by atoms with van der Waals surface area (Å²) in [6.45, 7) is 0.374. The van der Waals surface area contributed by atoms with Crippen molar-refractivity contribution in [1.82, 2.24) is 5.32 Å². The molecule has 1 saturated carbocycles. The molecule has 24 heavy (non-hydrogen) atoms. The number of carbonyl (C=O) groups excluding carboxylic acids is 1. The summed E-state index contributed by atoms with van der Waals surface area (Å²) in [7, 11) is -0.674. The number of sulfone groups is 1. The zero-order valence-corrected chi connectivity index (χ0v) is 14.8. The minimum Gasteiger partial charge on any atom is -0.493 e.